The van der Waals surface area contributed by atoms with E-state index in [1.807, 2.05) is 0 Å². The van der Waals surface area contributed by atoms with Gasteiger partial charge in [0.2, 0.25) is 0 Å². The summed E-state index contributed by atoms with van der Waals surface area (Å²) in [6.07, 6.45) is 0. The van der Waals surface area contributed by atoms with E-state index in [1.165, 1.54) is 204 Å². The summed E-state index contributed by atoms with van der Waals surface area (Å²) in [4.78, 5) is 0. The molecule has 0 aromatic heterocycles. The van der Waals surface area contributed by atoms with Gasteiger partial charge in [0.25, 0.3) is 0 Å². The Morgan fingerprint density at radius 1 is 0.186 bits per heavy atom. The van der Waals surface area contributed by atoms with Gasteiger partial charge in [0.15, 0.2) is 0 Å². The van der Waals surface area contributed by atoms with E-state index < -0.39 is 0 Å². The maximum absolute atomic E-state index is 2.53. The minimum Gasteiger partial charge on any atom is -0.0622 e. The van der Waals surface area contributed by atoms with Gasteiger partial charge in [-0.1, -0.05) is 298 Å². The third-order valence-electron chi connectivity index (χ3n) is 23.5. The first-order valence-corrected chi connectivity index (χ1v) is 36.4. The van der Waals surface area contributed by atoms with Crippen LogP contribution in [-0.2, 0) is 16.2 Å². The van der Waals surface area contributed by atoms with Gasteiger partial charge < -0.3 is 0 Å². The monoisotopic (exact) mass is 1300 g/mol. The van der Waals surface area contributed by atoms with Gasteiger partial charge in [0.1, 0.15) is 0 Å². The Kier molecular flexibility index (Phi) is 14.0. The van der Waals surface area contributed by atoms with E-state index in [0.717, 1.165) is 0 Å². The van der Waals surface area contributed by atoms with Crippen molar-refractivity contribution in [2.45, 2.75) is 77.6 Å². The zero-order valence-electron chi connectivity index (χ0n) is 59.2. The molecule has 17 aromatic carbocycles. The molecule has 20 rings (SSSR count). The molecule has 0 saturated carbocycles. The predicted molar refractivity (Wildman–Crippen MR) is 437 cm³/mol. The van der Waals surface area contributed by atoms with Crippen LogP contribution in [0.4, 0.5) is 0 Å². The maximum atomic E-state index is 2.53. The lowest BCUT2D eigenvalue weighted by Crippen LogP contribution is -2.18. The van der Waals surface area contributed by atoms with Gasteiger partial charge in [-0.15, -0.1) is 0 Å². The molecular formula is C102H78. The summed E-state index contributed by atoms with van der Waals surface area (Å²) >= 11 is 0. The number of fused-ring (bicyclic) bond motifs is 16. The van der Waals surface area contributed by atoms with Crippen LogP contribution in [0.1, 0.15) is 100 Å². The number of rotatable bonds is 7. The average Bonchev–Trinajstić information content (AvgIpc) is 1.55. The summed E-state index contributed by atoms with van der Waals surface area (Å²) in [6.45, 7) is 19.0. The average molecular weight is 1300 g/mol. The maximum Gasteiger partial charge on any atom is 0.0165 e. The molecule has 17 aromatic rings. The third kappa shape index (κ3) is 9.93. The van der Waals surface area contributed by atoms with E-state index in [2.05, 4.69) is 377 Å². The fourth-order valence-corrected chi connectivity index (χ4v) is 17.9. The minimum absolute atomic E-state index is 0.0117. The molecule has 0 aliphatic heterocycles. The SMILES string of the molecule is CC(C)c1cc(-c2ccc3cc(-c4ccc5ccccc5c4)ccc3c2)cc(-c2ccc3c4c(ccc3c2)-c2cc3ccccc3cc2C4(C)C)c1.CC1(C)c2ccccc2-c2cc3c(cc21)C(C)(C)c1cc(-c2cc(-c4ccc5ccc(-c6ccccc6)cc5c4)cc4ccccc24)ccc1-3. The smallest absolute Gasteiger partial charge is 0.0165 e. The quantitative estimate of drug-likeness (QED) is 0.149. The lowest BCUT2D eigenvalue weighted by Gasteiger charge is -2.26. The molecule has 0 heteroatoms. The van der Waals surface area contributed by atoms with Gasteiger partial charge in [-0.05, 0) is 289 Å². The van der Waals surface area contributed by atoms with Crippen molar-refractivity contribution in [2.24, 2.45) is 0 Å². The minimum atomic E-state index is -0.108. The normalized spacial score (nSPS) is 14.0. The Hall–Kier alpha value is -11.7. The largest absolute Gasteiger partial charge is 0.0622 e. The second kappa shape index (κ2) is 23.2. The van der Waals surface area contributed by atoms with E-state index in [-0.39, 0.29) is 16.2 Å². The van der Waals surface area contributed by atoms with Crippen LogP contribution in [0.5, 0.6) is 0 Å². The van der Waals surface area contributed by atoms with E-state index in [0.29, 0.717) is 5.92 Å². The number of hydrogen-bond donors (Lipinski definition) is 0. The molecule has 3 aliphatic carbocycles. The second-order valence-electron chi connectivity index (χ2n) is 31.0. The van der Waals surface area contributed by atoms with Gasteiger partial charge in [0, 0.05) is 16.2 Å². The predicted octanol–water partition coefficient (Wildman–Crippen LogP) is 28.3. The van der Waals surface area contributed by atoms with Crippen molar-refractivity contribution in [3.63, 3.8) is 0 Å². The lowest BCUT2D eigenvalue weighted by molar-refractivity contribution is 0.639. The lowest BCUT2D eigenvalue weighted by atomic mass is 9.77. The number of hydrogen-bond acceptors (Lipinski definition) is 0. The topological polar surface area (TPSA) is 0 Å². The van der Waals surface area contributed by atoms with Crippen molar-refractivity contribution in [1.29, 1.82) is 0 Å². The molecule has 0 spiro atoms. The molecule has 0 radical (unpaired) electrons. The molecule has 0 nitrogen and oxygen atoms in total. The highest BCUT2D eigenvalue weighted by Crippen LogP contribution is 2.58. The van der Waals surface area contributed by atoms with Crippen LogP contribution < -0.4 is 0 Å². The first-order chi connectivity index (χ1) is 49.6. The van der Waals surface area contributed by atoms with Crippen LogP contribution in [0.3, 0.4) is 0 Å². The highest BCUT2D eigenvalue weighted by atomic mass is 14.5. The molecule has 0 saturated heterocycles. The molecule has 102 heavy (non-hydrogen) atoms. The van der Waals surface area contributed by atoms with Gasteiger partial charge in [-0.2, -0.15) is 0 Å². The zero-order valence-corrected chi connectivity index (χ0v) is 59.2. The Labute approximate surface area is 598 Å². The number of benzene rings is 17. The van der Waals surface area contributed by atoms with E-state index in [4.69, 9.17) is 0 Å². The highest BCUT2D eigenvalue weighted by molar-refractivity contribution is 6.05. The summed E-state index contributed by atoms with van der Waals surface area (Å²) in [6, 6.07) is 121. The molecule has 486 valence electrons. The Bertz CT molecular complexity index is 6360. The Balaban J connectivity index is 0.000000141. The van der Waals surface area contributed by atoms with Crippen LogP contribution >= 0.6 is 0 Å². The van der Waals surface area contributed by atoms with Gasteiger partial charge >= 0.3 is 0 Å². The van der Waals surface area contributed by atoms with Crippen molar-refractivity contribution < 1.29 is 0 Å². The molecule has 0 fully saturated rings. The van der Waals surface area contributed by atoms with E-state index >= 15 is 0 Å². The summed E-state index contributed by atoms with van der Waals surface area (Å²) in [7, 11) is 0. The standard InChI is InChI=1S/C52H40.C50H38/c1-32(2)44-27-45(41-18-17-39-24-38(15-16-40(39)25-41)37-14-13-33-9-5-6-10-34(33)23-37)29-46(28-44)42-19-21-47-43(26-42)20-22-48-49-30-35-11-7-8-12-36(35)31-50(49)52(3,4)51(47)48;1-49(2)45-17-11-10-16-40(45)43-29-44-41-23-22-36(28-46(41)50(3,4)48(44)30-47(43)49)42-27-38(26-35-14-8-9-15-39(35)42)34-21-19-32-18-20-33(24-37(32)25-34)31-12-6-5-7-13-31/h5-32H,1-4H3;5-30H,1-4H3. The van der Waals surface area contributed by atoms with Crippen LogP contribution in [0.2, 0.25) is 0 Å². The van der Waals surface area contributed by atoms with Crippen molar-refractivity contribution in [1.82, 2.24) is 0 Å². The highest BCUT2D eigenvalue weighted by Gasteiger charge is 2.42. The summed E-state index contributed by atoms with van der Waals surface area (Å²) in [5.74, 6) is 0.419. The van der Waals surface area contributed by atoms with Crippen molar-refractivity contribution in [2.75, 3.05) is 0 Å². The zero-order chi connectivity index (χ0) is 68.9. The molecule has 3 aliphatic rings. The van der Waals surface area contributed by atoms with Gasteiger partial charge in [0.05, 0.1) is 0 Å². The molecule has 0 heterocycles. The van der Waals surface area contributed by atoms with Crippen molar-refractivity contribution in [3.05, 3.63) is 360 Å². The van der Waals surface area contributed by atoms with Gasteiger partial charge in [-0.3, -0.25) is 0 Å². The van der Waals surface area contributed by atoms with Crippen molar-refractivity contribution in [3.8, 4) is 100 Å². The molecule has 0 N–H and O–H groups in total. The van der Waals surface area contributed by atoms with Crippen LogP contribution in [-0.4, -0.2) is 0 Å². The first kappa shape index (κ1) is 61.4. The third-order valence-corrected chi connectivity index (χ3v) is 23.5. The van der Waals surface area contributed by atoms with E-state index in [9.17, 15) is 0 Å². The van der Waals surface area contributed by atoms with Crippen molar-refractivity contribution >= 4 is 64.6 Å². The molecule has 0 amide bonds. The summed E-state index contributed by atoms with van der Waals surface area (Å²) < 4.78 is 0. The summed E-state index contributed by atoms with van der Waals surface area (Å²) in [5, 5.41) is 15.4. The fourth-order valence-electron chi connectivity index (χ4n) is 17.9. The Morgan fingerprint density at radius 3 is 1.25 bits per heavy atom. The van der Waals surface area contributed by atoms with Gasteiger partial charge in [-0.25, -0.2) is 0 Å². The molecule has 0 unspecified atom stereocenters. The molecule has 0 atom stereocenters. The first-order valence-electron chi connectivity index (χ1n) is 36.4. The molecule has 0 bridgehead atoms. The van der Waals surface area contributed by atoms with Crippen LogP contribution in [0.25, 0.3) is 165 Å². The Morgan fingerprint density at radius 2 is 0.588 bits per heavy atom. The molecular weight excluding hydrogens is 1230 g/mol. The fraction of sp³-hybridized carbons (Fsp3) is 0.118. The summed E-state index contributed by atoms with van der Waals surface area (Å²) in [5.41, 5.74) is 33.1. The van der Waals surface area contributed by atoms with Crippen LogP contribution in [0, 0.1) is 0 Å². The van der Waals surface area contributed by atoms with Crippen LogP contribution in [0.15, 0.2) is 322 Å². The van der Waals surface area contributed by atoms with E-state index in [1.54, 1.807) is 0 Å². The second-order valence-corrected chi connectivity index (χ2v) is 31.0.